The SMILES string of the molecule is CCCCCSCc1ccc2oc(C(=O)[O-])cc2c1. The van der Waals surface area contributed by atoms with E-state index in [1.54, 1.807) is 0 Å². The van der Waals surface area contributed by atoms with Gasteiger partial charge in [0.15, 0.2) is 5.76 Å². The van der Waals surface area contributed by atoms with E-state index in [4.69, 9.17) is 4.42 Å². The quantitative estimate of drug-likeness (QED) is 0.729. The summed E-state index contributed by atoms with van der Waals surface area (Å²) in [6, 6.07) is 7.31. The Morgan fingerprint density at radius 1 is 1.32 bits per heavy atom. The van der Waals surface area contributed by atoms with Crippen molar-refractivity contribution >= 4 is 28.7 Å². The number of fused-ring (bicyclic) bond motifs is 1. The second kappa shape index (κ2) is 6.66. The van der Waals surface area contributed by atoms with Crippen LogP contribution >= 0.6 is 11.8 Å². The molecule has 0 bridgehead atoms. The average Bonchev–Trinajstić information content (AvgIpc) is 2.82. The van der Waals surface area contributed by atoms with E-state index in [-0.39, 0.29) is 5.76 Å². The van der Waals surface area contributed by atoms with Crippen molar-refractivity contribution in [3.63, 3.8) is 0 Å². The summed E-state index contributed by atoms with van der Waals surface area (Å²) in [4.78, 5) is 10.7. The molecule has 0 aliphatic rings. The summed E-state index contributed by atoms with van der Waals surface area (Å²) in [6.07, 6.45) is 3.78. The molecule has 1 aromatic carbocycles. The van der Waals surface area contributed by atoms with E-state index >= 15 is 0 Å². The molecule has 0 atom stereocenters. The first-order valence-corrected chi connectivity index (χ1v) is 7.67. The van der Waals surface area contributed by atoms with Gasteiger partial charge < -0.3 is 14.3 Å². The number of rotatable bonds is 7. The van der Waals surface area contributed by atoms with Crippen LogP contribution in [-0.2, 0) is 5.75 Å². The smallest absolute Gasteiger partial charge is 0.150 e. The third-order valence-electron chi connectivity index (χ3n) is 2.94. The molecule has 2 rings (SSSR count). The van der Waals surface area contributed by atoms with Crippen LogP contribution < -0.4 is 5.11 Å². The maximum atomic E-state index is 10.7. The monoisotopic (exact) mass is 277 g/mol. The van der Waals surface area contributed by atoms with E-state index in [1.165, 1.54) is 36.6 Å². The number of hydrogen-bond donors (Lipinski definition) is 0. The van der Waals surface area contributed by atoms with E-state index in [9.17, 15) is 9.90 Å². The van der Waals surface area contributed by atoms with Gasteiger partial charge in [0, 0.05) is 11.1 Å². The number of carboxylic acids is 1. The molecule has 1 heterocycles. The summed E-state index contributed by atoms with van der Waals surface area (Å²) < 4.78 is 5.17. The fourth-order valence-electron chi connectivity index (χ4n) is 1.93. The highest BCUT2D eigenvalue weighted by atomic mass is 32.2. The predicted molar refractivity (Wildman–Crippen MR) is 76.2 cm³/mol. The number of carbonyl (C=O) groups is 1. The molecule has 2 aromatic rings. The summed E-state index contributed by atoms with van der Waals surface area (Å²) >= 11 is 1.91. The summed E-state index contributed by atoms with van der Waals surface area (Å²) in [5.41, 5.74) is 1.79. The standard InChI is InChI=1S/C15H18O3S/c1-2-3-4-7-19-10-11-5-6-13-12(8-11)9-14(18-13)15(16)17/h5-6,8-9H,2-4,7,10H2,1H3,(H,16,17)/p-1. The lowest BCUT2D eigenvalue weighted by atomic mass is 10.2. The number of carboxylic acid groups (broad SMARTS) is 1. The van der Waals surface area contributed by atoms with Gasteiger partial charge in [0.1, 0.15) is 11.6 Å². The van der Waals surface area contributed by atoms with Crippen molar-refractivity contribution in [2.24, 2.45) is 0 Å². The van der Waals surface area contributed by atoms with Gasteiger partial charge in [-0.1, -0.05) is 25.8 Å². The summed E-state index contributed by atoms with van der Waals surface area (Å²) in [7, 11) is 0. The van der Waals surface area contributed by atoms with Crippen molar-refractivity contribution in [1.29, 1.82) is 0 Å². The second-order valence-electron chi connectivity index (χ2n) is 4.53. The predicted octanol–water partition coefficient (Wildman–Crippen LogP) is 3.22. The van der Waals surface area contributed by atoms with Crippen LogP contribution in [0.25, 0.3) is 11.0 Å². The normalized spacial score (nSPS) is 11.0. The first-order valence-electron chi connectivity index (χ1n) is 6.52. The topological polar surface area (TPSA) is 53.3 Å². The molecule has 0 aliphatic heterocycles. The lowest BCUT2D eigenvalue weighted by Gasteiger charge is -2.01. The molecule has 3 nitrogen and oxygen atoms in total. The molecule has 0 fully saturated rings. The lowest BCUT2D eigenvalue weighted by Crippen LogP contribution is -2.21. The molecule has 0 amide bonds. The maximum Gasteiger partial charge on any atom is 0.150 e. The molecule has 0 saturated heterocycles. The van der Waals surface area contributed by atoms with Crippen molar-refractivity contribution in [1.82, 2.24) is 0 Å². The molecule has 1 aromatic heterocycles. The van der Waals surface area contributed by atoms with Crippen LogP contribution in [0, 0.1) is 0 Å². The van der Waals surface area contributed by atoms with Crippen LogP contribution in [0.5, 0.6) is 0 Å². The van der Waals surface area contributed by atoms with Gasteiger partial charge in [-0.25, -0.2) is 0 Å². The fourth-order valence-corrected chi connectivity index (χ4v) is 2.90. The van der Waals surface area contributed by atoms with Crippen molar-refractivity contribution in [2.45, 2.75) is 31.9 Å². The molecule has 102 valence electrons. The van der Waals surface area contributed by atoms with Crippen LogP contribution in [0.2, 0.25) is 0 Å². The highest BCUT2D eigenvalue weighted by molar-refractivity contribution is 7.98. The third-order valence-corrected chi connectivity index (χ3v) is 4.06. The number of furan rings is 1. The molecule has 0 unspecified atom stereocenters. The van der Waals surface area contributed by atoms with Gasteiger partial charge in [0.25, 0.3) is 0 Å². The van der Waals surface area contributed by atoms with Crippen LogP contribution in [-0.4, -0.2) is 11.7 Å². The minimum atomic E-state index is -1.27. The van der Waals surface area contributed by atoms with Crippen molar-refractivity contribution in [3.05, 3.63) is 35.6 Å². The molecule has 0 aliphatic carbocycles. The Labute approximate surface area is 117 Å². The highest BCUT2D eigenvalue weighted by Crippen LogP contribution is 2.23. The van der Waals surface area contributed by atoms with E-state index in [0.717, 1.165) is 11.1 Å². The zero-order chi connectivity index (χ0) is 13.7. The lowest BCUT2D eigenvalue weighted by molar-refractivity contribution is -0.256. The van der Waals surface area contributed by atoms with Crippen LogP contribution in [0.4, 0.5) is 0 Å². The number of thioether (sulfide) groups is 1. The van der Waals surface area contributed by atoms with E-state index in [2.05, 4.69) is 6.92 Å². The minimum absolute atomic E-state index is 0.109. The largest absolute Gasteiger partial charge is 0.542 e. The summed E-state index contributed by atoms with van der Waals surface area (Å²) in [5, 5.41) is 11.5. The highest BCUT2D eigenvalue weighted by Gasteiger charge is 2.05. The van der Waals surface area contributed by atoms with Crippen LogP contribution in [0.1, 0.15) is 42.3 Å². The molecule has 0 spiro atoms. The Bertz CT molecular complexity index is 560. The molecular weight excluding hydrogens is 260 g/mol. The summed E-state index contributed by atoms with van der Waals surface area (Å²) in [6.45, 7) is 2.20. The number of benzene rings is 1. The Balaban J connectivity index is 1.98. The Morgan fingerprint density at radius 3 is 2.89 bits per heavy atom. The van der Waals surface area contributed by atoms with Gasteiger partial charge in [-0.05, 0) is 35.9 Å². The van der Waals surface area contributed by atoms with Crippen molar-refractivity contribution in [2.75, 3.05) is 5.75 Å². The number of unbranched alkanes of at least 4 members (excludes halogenated alkanes) is 2. The number of aromatic carboxylic acids is 1. The zero-order valence-electron chi connectivity index (χ0n) is 11.0. The molecule has 19 heavy (non-hydrogen) atoms. The Kier molecular flexibility index (Phi) is 4.91. The van der Waals surface area contributed by atoms with E-state index in [0.29, 0.717) is 5.58 Å². The van der Waals surface area contributed by atoms with Gasteiger partial charge in [-0.3, -0.25) is 0 Å². The second-order valence-corrected chi connectivity index (χ2v) is 5.64. The third kappa shape index (κ3) is 3.77. The van der Waals surface area contributed by atoms with Gasteiger partial charge >= 0.3 is 0 Å². The Hall–Kier alpha value is -1.42. The van der Waals surface area contributed by atoms with E-state index < -0.39 is 5.97 Å². The molecular formula is C15H17O3S-. The van der Waals surface area contributed by atoms with Crippen molar-refractivity contribution < 1.29 is 14.3 Å². The van der Waals surface area contributed by atoms with Crippen LogP contribution in [0.3, 0.4) is 0 Å². The maximum absolute atomic E-state index is 10.7. The number of carbonyl (C=O) groups excluding carboxylic acids is 1. The minimum Gasteiger partial charge on any atom is -0.542 e. The van der Waals surface area contributed by atoms with Gasteiger partial charge in [0.05, 0.1) is 0 Å². The molecule has 0 saturated carbocycles. The zero-order valence-corrected chi connectivity index (χ0v) is 11.8. The fraction of sp³-hybridized carbons (Fsp3) is 0.400. The van der Waals surface area contributed by atoms with Gasteiger partial charge in [-0.2, -0.15) is 11.8 Å². The Morgan fingerprint density at radius 2 is 2.16 bits per heavy atom. The number of hydrogen-bond acceptors (Lipinski definition) is 4. The van der Waals surface area contributed by atoms with Gasteiger partial charge in [-0.15, -0.1) is 0 Å². The molecule has 4 heteroatoms. The first-order chi connectivity index (χ1) is 9.20. The molecule has 0 N–H and O–H groups in total. The van der Waals surface area contributed by atoms with Gasteiger partial charge in [0.2, 0.25) is 0 Å². The molecule has 0 radical (unpaired) electrons. The first kappa shape index (κ1) is 14.0. The van der Waals surface area contributed by atoms with E-state index in [1.807, 2.05) is 30.0 Å². The van der Waals surface area contributed by atoms with Crippen LogP contribution in [0.15, 0.2) is 28.7 Å². The summed E-state index contributed by atoms with van der Waals surface area (Å²) in [5.74, 6) is 0.738. The average molecular weight is 277 g/mol. The van der Waals surface area contributed by atoms with Crippen molar-refractivity contribution in [3.8, 4) is 0 Å².